The Morgan fingerprint density at radius 1 is 0.973 bits per heavy atom. The fourth-order valence-corrected chi connectivity index (χ4v) is 4.32. The number of rotatable bonds is 12. The van der Waals surface area contributed by atoms with E-state index in [2.05, 4.69) is 19.2 Å². The van der Waals surface area contributed by atoms with E-state index in [1.165, 1.54) is 0 Å². The maximum absolute atomic E-state index is 11.6. The molecule has 4 rings (SSSR count). The largest absolute Gasteiger partial charge is 0.489 e. The Morgan fingerprint density at radius 3 is 2.41 bits per heavy atom. The molecule has 0 bridgehead atoms. The topological polar surface area (TPSA) is 100 Å². The average Bonchev–Trinajstić information content (AvgIpc) is 3.35. The fourth-order valence-electron chi connectivity index (χ4n) is 4.32. The molecule has 196 valence electrons. The number of aliphatic hydroxyl groups is 1. The number of anilines is 1. The lowest BCUT2D eigenvalue weighted by molar-refractivity contribution is 0.123. The molecular weight excluding hydrogens is 472 g/mol. The lowest BCUT2D eigenvalue weighted by Crippen LogP contribution is -2.49. The summed E-state index contributed by atoms with van der Waals surface area (Å²) in [5.74, 6) is 2.40. The molecule has 0 aromatic heterocycles. The van der Waals surface area contributed by atoms with Crippen LogP contribution in [0, 0.1) is 5.92 Å². The minimum absolute atomic E-state index is 0.187. The molecule has 1 aliphatic heterocycles. The van der Waals surface area contributed by atoms with Crippen molar-refractivity contribution in [3.8, 4) is 17.2 Å². The molecule has 0 fully saturated rings. The average molecular weight is 507 g/mol. The number of hydrogen-bond donors (Lipinski definition) is 3. The van der Waals surface area contributed by atoms with E-state index in [0.717, 1.165) is 22.6 Å². The van der Waals surface area contributed by atoms with E-state index in [9.17, 15) is 15.0 Å². The number of carboxylic acid groups (broad SMARTS) is 1. The molecule has 3 N–H and O–H groups in total. The highest BCUT2D eigenvalue weighted by molar-refractivity contribution is 5.65. The van der Waals surface area contributed by atoms with Crippen molar-refractivity contribution in [2.75, 3.05) is 24.8 Å². The van der Waals surface area contributed by atoms with Gasteiger partial charge in [0.15, 0.2) is 11.5 Å². The van der Waals surface area contributed by atoms with Crippen LogP contribution in [-0.2, 0) is 13.0 Å². The van der Waals surface area contributed by atoms with E-state index in [-0.39, 0.29) is 13.3 Å². The van der Waals surface area contributed by atoms with Crippen molar-refractivity contribution in [2.45, 2.75) is 39.0 Å². The van der Waals surface area contributed by atoms with Crippen molar-refractivity contribution < 1.29 is 29.2 Å². The van der Waals surface area contributed by atoms with Crippen LogP contribution in [0.15, 0.2) is 72.8 Å². The Hall–Kier alpha value is -3.91. The first-order valence-electron chi connectivity index (χ1n) is 12.4. The standard InChI is InChI=1S/C29H34N2O6/c1-20(2)16-31(23-10-13-27-28(15-23)37-19-36-27)17-26(32)25(30-29(33)34)14-21-8-11-24(12-9-21)35-18-22-6-4-3-5-7-22/h3-13,15,20,25-26,30,32H,14,16-19H2,1-2H3,(H,33,34)/t25-,26+/m0/s1. The maximum atomic E-state index is 11.6. The van der Waals surface area contributed by atoms with Gasteiger partial charge in [-0.1, -0.05) is 56.3 Å². The van der Waals surface area contributed by atoms with E-state index in [4.69, 9.17) is 14.2 Å². The number of fused-ring (bicyclic) bond motifs is 1. The monoisotopic (exact) mass is 506 g/mol. The molecule has 3 aromatic rings. The molecule has 0 spiro atoms. The third kappa shape index (κ3) is 7.54. The number of nitrogens with zero attached hydrogens (tertiary/aromatic N) is 1. The number of amides is 1. The zero-order valence-corrected chi connectivity index (χ0v) is 21.2. The van der Waals surface area contributed by atoms with Crippen molar-refractivity contribution in [2.24, 2.45) is 5.92 Å². The summed E-state index contributed by atoms with van der Waals surface area (Å²) in [6.07, 6.45) is -1.79. The summed E-state index contributed by atoms with van der Waals surface area (Å²) in [6, 6.07) is 22.4. The number of carbonyl (C=O) groups is 1. The van der Waals surface area contributed by atoms with E-state index < -0.39 is 18.2 Å². The highest BCUT2D eigenvalue weighted by atomic mass is 16.7. The van der Waals surface area contributed by atoms with E-state index in [1.54, 1.807) is 0 Å². The van der Waals surface area contributed by atoms with Gasteiger partial charge in [-0.15, -0.1) is 0 Å². The van der Waals surface area contributed by atoms with E-state index >= 15 is 0 Å². The summed E-state index contributed by atoms with van der Waals surface area (Å²) in [5.41, 5.74) is 2.85. The third-order valence-electron chi connectivity index (χ3n) is 6.11. The van der Waals surface area contributed by atoms with Crippen LogP contribution >= 0.6 is 0 Å². The predicted molar refractivity (Wildman–Crippen MR) is 141 cm³/mol. The predicted octanol–water partition coefficient (Wildman–Crippen LogP) is 4.70. The van der Waals surface area contributed by atoms with Gasteiger partial charge >= 0.3 is 6.09 Å². The lowest BCUT2D eigenvalue weighted by Gasteiger charge is -2.32. The minimum atomic E-state index is -1.18. The van der Waals surface area contributed by atoms with Gasteiger partial charge in [0, 0.05) is 24.8 Å². The van der Waals surface area contributed by atoms with Crippen LogP contribution in [0.25, 0.3) is 0 Å². The Morgan fingerprint density at radius 2 is 1.70 bits per heavy atom. The van der Waals surface area contributed by atoms with Crippen LogP contribution in [0.1, 0.15) is 25.0 Å². The zero-order valence-electron chi connectivity index (χ0n) is 21.2. The Bertz CT molecular complexity index is 1150. The molecule has 0 saturated carbocycles. The van der Waals surface area contributed by atoms with Gasteiger partial charge in [-0.2, -0.15) is 0 Å². The molecule has 0 radical (unpaired) electrons. The number of ether oxygens (including phenoxy) is 3. The van der Waals surface area contributed by atoms with Gasteiger partial charge in [-0.3, -0.25) is 0 Å². The Balaban J connectivity index is 1.42. The highest BCUT2D eigenvalue weighted by Crippen LogP contribution is 2.35. The third-order valence-corrected chi connectivity index (χ3v) is 6.11. The quantitative estimate of drug-likeness (QED) is 0.327. The second-order valence-electron chi connectivity index (χ2n) is 9.58. The van der Waals surface area contributed by atoms with Gasteiger partial charge in [0.25, 0.3) is 0 Å². The van der Waals surface area contributed by atoms with Gasteiger partial charge < -0.3 is 34.6 Å². The van der Waals surface area contributed by atoms with Crippen LogP contribution in [0.4, 0.5) is 10.5 Å². The van der Waals surface area contributed by atoms with Crippen molar-refractivity contribution in [3.05, 3.63) is 83.9 Å². The van der Waals surface area contributed by atoms with E-state index in [0.29, 0.717) is 37.0 Å². The zero-order chi connectivity index (χ0) is 26.2. The molecule has 1 amide bonds. The molecule has 2 atom stereocenters. The summed E-state index contributed by atoms with van der Waals surface area (Å²) in [5, 5.41) is 23.1. The summed E-state index contributed by atoms with van der Waals surface area (Å²) in [7, 11) is 0. The lowest BCUT2D eigenvalue weighted by atomic mass is 10.00. The van der Waals surface area contributed by atoms with Crippen molar-refractivity contribution >= 4 is 11.8 Å². The van der Waals surface area contributed by atoms with E-state index in [1.807, 2.05) is 77.7 Å². The molecule has 1 heterocycles. The first kappa shape index (κ1) is 26.2. The Kier molecular flexibility index (Phi) is 8.74. The second-order valence-corrected chi connectivity index (χ2v) is 9.58. The molecule has 3 aromatic carbocycles. The molecule has 1 aliphatic rings. The highest BCUT2D eigenvalue weighted by Gasteiger charge is 2.26. The molecular formula is C29H34N2O6. The van der Waals surface area contributed by atoms with Crippen LogP contribution in [0.3, 0.4) is 0 Å². The summed E-state index contributed by atoms with van der Waals surface area (Å²) < 4.78 is 16.8. The first-order valence-corrected chi connectivity index (χ1v) is 12.4. The van der Waals surface area contributed by atoms with Crippen LogP contribution in [0.5, 0.6) is 17.2 Å². The van der Waals surface area contributed by atoms with Crippen LogP contribution < -0.4 is 24.4 Å². The smallest absolute Gasteiger partial charge is 0.404 e. The molecule has 0 unspecified atom stereocenters. The fraction of sp³-hybridized carbons (Fsp3) is 0.345. The van der Waals surface area contributed by atoms with Gasteiger partial charge in [0.1, 0.15) is 12.4 Å². The number of aliphatic hydroxyl groups excluding tert-OH is 1. The number of nitrogens with one attached hydrogen (secondary N) is 1. The van der Waals surface area contributed by atoms with Crippen molar-refractivity contribution in [1.29, 1.82) is 0 Å². The van der Waals surface area contributed by atoms with Gasteiger partial charge in [0.2, 0.25) is 6.79 Å². The first-order chi connectivity index (χ1) is 17.9. The summed E-state index contributed by atoms with van der Waals surface area (Å²) in [4.78, 5) is 13.6. The number of benzene rings is 3. The van der Waals surface area contributed by atoms with Crippen molar-refractivity contribution in [1.82, 2.24) is 5.32 Å². The van der Waals surface area contributed by atoms with Gasteiger partial charge in [-0.25, -0.2) is 4.79 Å². The van der Waals surface area contributed by atoms with Gasteiger partial charge in [-0.05, 0) is 47.7 Å². The SMILES string of the molecule is CC(C)CN(C[C@@H](O)[C@H](Cc1ccc(OCc2ccccc2)cc1)NC(=O)O)c1ccc2c(c1)OCO2. The maximum Gasteiger partial charge on any atom is 0.404 e. The molecule has 8 nitrogen and oxygen atoms in total. The normalized spacial score (nSPS) is 13.7. The van der Waals surface area contributed by atoms with Crippen LogP contribution in [-0.4, -0.2) is 48.3 Å². The van der Waals surface area contributed by atoms with Gasteiger partial charge in [0.05, 0.1) is 12.1 Å². The molecule has 0 saturated heterocycles. The summed E-state index contributed by atoms with van der Waals surface area (Å²) in [6.45, 7) is 5.78. The van der Waals surface area contributed by atoms with Crippen LogP contribution in [0.2, 0.25) is 0 Å². The second kappa shape index (κ2) is 12.4. The Labute approximate surface area is 217 Å². The molecule has 0 aliphatic carbocycles. The molecule has 37 heavy (non-hydrogen) atoms. The summed E-state index contributed by atoms with van der Waals surface area (Å²) >= 11 is 0. The molecule has 8 heteroatoms. The van der Waals surface area contributed by atoms with Crippen molar-refractivity contribution in [3.63, 3.8) is 0 Å². The number of hydrogen-bond acceptors (Lipinski definition) is 6. The minimum Gasteiger partial charge on any atom is -0.489 e.